The van der Waals surface area contributed by atoms with Gasteiger partial charge in [-0.3, -0.25) is 14.0 Å². The number of rotatable bonds is 3. The van der Waals surface area contributed by atoms with E-state index in [2.05, 4.69) is 20.5 Å². The van der Waals surface area contributed by atoms with E-state index in [9.17, 15) is 9.59 Å². The zero-order valence-corrected chi connectivity index (χ0v) is 14.5. The van der Waals surface area contributed by atoms with Crippen LogP contribution in [0.5, 0.6) is 0 Å². The lowest BCUT2D eigenvalue weighted by Gasteiger charge is -2.12. The monoisotopic (exact) mass is 367 g/mol. The Hall–Kier alpha value is -3.19. The number of H-pyrrole nitrogens is 1. The first kappa shape index (κ1) is 16.3. The molecule has 0 aliphatic heterocycles. The third-order valence-corrected chi connectivity index (χ3v) is 4.40. The first-order valence-electron chi connectivity index (χ1n) is 7.96. The highest BCUT2D eigenvalue weighted by Gasteiger charge is 2.19. The van der Waals surface area contributed by atoms with E-state index in [1.165, 1.54) is 6.20 Å². The number of amides is 1. The van der Waals surface area contributed by atoms with Crippen molar-refractivity contribution >= 4 is 34.1 Å². The van der Waals surface area contributed by atoms with Gasteiger partial charge in [0.2, 0.25) is 5.43 Å². The van der Waals surface area contributed by atoms with Gasteiger partial charge >= 0.3 is 0 Å². The fourth-order valence-electron chi connectivity index (χ4n) is 2.86. The van der Waals surface area contributed by atoms with Gasteiger partial charge in [0.25, 0.3) is 5.91 Å². The van der Waals surface area contributed by atoms with Crippen molar-refractivity contribution in [1.29, 1.82) is 0 Å². The molecule has 1 atom stereocenters. The highest BCUT2D eigenvalue weighted by atomic mass is 35.5. The van der Waals surface area contributed by atoms with Crippen LogP contribution in [0.3, 0.4) is 0 Å². The summed E-state index contributed by atoms with van der Waals surface area (Å²) in [5.74, 6) is 0.0984. The molecule has 7 nitrogen and oxygen atoms in total. The maximum absolute atomic E-state index is 12.6. The summed E-state index contributed by atoms with van der Waals surface area (Å²) in [6.07, 6.45) is 3.21. The van der Waals surface area contributed by atoms with Gasteiger partial charge < -0.3 is 10.3 Å². The first-order valence-corrected chi connectivity index (χ1v) is 8.34. The molecule has 1 aromatic carbocycles. The number of aromatic nitrogens is 4. The van der Waals surface area contributed by atoms with Crippen LogP contribution < -0.4 is 10.7 Å². The summed E-state index contributed by atoms with van der Waals surface area (Å²) in [6.45, 7) is 1.79. The Labute approximate surface area is 152 Å². The first-order chi connectivity index (χ1) is 12.5. The molecule has 3 aromatic heterocycles. The largest absolute Gasteiger partial charge is 0.360 e. The number of aromatic amines is 1. The molecule has 0 saturated carbocycles. The Balaban J connectivity index is 1.66. The summed E-state index contributed by atoms with van der Waals surface area (Å²) in [5.41, 5.74) is 0.936. The van der Waals surface area contributed by atoms with Crippen molar-refractivity contribution in [3.8, 4) is 0 Å². The van der Waals surface area contributed by atoms with Crippen LogP contribution in [0.1, 0.15) is 29.1 Å². The third-order valence-electron chi connectivity index (χ3n) is 4.16. The third kappa shape index (κ3) is 2.72. The molecular weight excluding hydrogens is 354 g/mol. The smallest absolute Gasteiger partial charge is 0.257 e. The van der Waals surface area contributed by atoms with Crippen molar-refractivity contribution in [2.24, 2.45) is 0 Å². The Morgan fingerprint density at radius 1 is 1.27 bits per heavy atom. The predicted molar refractivity (Wildman–Crippen MR) is 98.4 cm³/mol. The van der Waals surface area contributed by atoms with Gasteiger partial charge in [-0.05, 0) is 37.3 Å². The van der Waals surface area contributed by atoms with Crippen LogP contribution in [0, 0.1) is 0 Å². The van der Waals surface area contributed by atoms with E-state index in [4.69, 9.17) is 11.6 Å². The average molecular weight is 368 g/mol. The summed E-state index contributed by atoms with van der Waals surface area (Å²) in [5, 5.41) is 11.9. The molecule has 2 N–H and O–H groups in total. The molecule has 4 aromatic rings. The quantitative estimate of drug-likeness (QED) is 0.582. The van der Waals surface area contributed by atoms with Crippen LogP contribution >= 0.6 is 11.6 Å². The SMILES string of the molecule is C[C@H](NC(=O)c1c[nH]c2cc(Cl)ccc2c1=O)c1nnc2ccccn12. The Bertz CT molecular complexity index is 1200. The van der Waals surface area contributed by atoms with E-state index in [1.807, 2.05) is 24.4 Å². The predicted octanol–water partition coefficient (Wildman–Crippen LogP) is 2.72. The minimum atomic E-state index is -0.483. The van der Waals surface area contributed by atoms with Gasteiger partial charge in [-0.15, -0.1) is 10.2 Å². The van der Waals surface area contributed by atoms with Gasteiger partial charge in [0.15, 0.2) is 11.5 Å². The molecule has 1 amide bonds. The minimum absolute atomic E-state index is 0.0282. The molecule has 0 unspecified atom stereocenters. The maximum Gasteiger partial charge on any atom is 0.257 e. The molecular formula is C18H14ClN5O2. The van der Waals surface area contributed by atoms with E-state index in [1.54, 1.807) is 29.5 Å². The second kappa shape index (κ2) is 6.27. The summed E-state index contributed by atoms with van der Waals surface area (Å²) in [4.78, 5) is 28.1. The van der Waals surface area contributed by atoms with Crippen molar-refractivity contribution in [2.45, 2.75) is 13.0 Å². The van der Waals surface area contributed by atoms with Crippen molar-refractivity contribution in [3.05, 3.63) is 75.4 Å². The van der Waals surface area contributed by atoms with E-state index in [0.29, 0.717) is 27.4 Å². The average Bonchev–Trinajstić information content (AvgIpc) is 3.06. The summed E-state index contributed by atoms with van der Waals surface area (Å²) in [7, 11) is 0. The van der Waals surface area contributed by atoms with Gasteiger partial charge in [0, 0.05) is 22.8 Å². The molecule has 0 saturated heterocycles. The second-order valence-electron chi connectivity index (χ2n) is 5.90. The van der Waals surface area contributed by atoms with Crippen LogP contribution in [0.15, 0.2) is 53.6 Å². The number of pyridine rings is 2. The van der Waals surface area contributed by atoms with Crippen LogP contribution in [0.25, 0.3) is 16.6 Å². The fourth-order valence-corrected chi connectivity index (χ4v) is 3.03. The molecule has 0 aliphatic carbocycles. The van der Waals surface area contributed by atoms with Gasteiger partial charge in [-0.2, -0.15) is 0 Å². The van der Waals surface area contributed by atoms with Gasteiger partial charge in [-0.1, -0.05) is 17.7 Å². The normalized spacial score (nSPS) is 12.4. The molecule has 0 bridgehead atoms. The highest BCUT2D eigenvalue weighted by molar-refractivity contribution is 6.31. The standard InChI is InChI=1S/C18H14ClN5O2/c1-10(17-23-22-15-4-2-3-7-24(15)17)21-18(26)13-9-20-14-8-11(19)5-6-12(14)16(13)25/h2-10H,1H3,(H,20,25)(H,21,26)/t10-/m0/s1. The van der Waals surface area contributed by atoms with Gasteiger partial charge in [-0.25, -0.2) is 0 Å². The van der Waals surface area contributed by atoms with E-state index in [0.717, 1.165) is 0 Å². The number of hydrogen-bond donors (Lipinski definition) is 2. The Kier molecular flexibility index (Phi) is 3.93. The topological polar surface area (TPSA) is 92.1 Å². The second-order valence-corrected chi connectivity index (χ2v) is 6.34. The number of carbonyl (C=O) groups is 1. The molecule has 130 valence electrons. The zero-order valence-electron chi connectivity index (χ0n) is 13.7. The number of fused-ring (bicyclic) bond motifs is 2. The molecule has 0 spiro atoms. The van der Waals surface area contributed by atoms with Crippen molar-refractivity contribution in [1.82, 2.24) is 24.9 Å². The number of benzene rings is 1. The molecule has 0 fully saturated rings. The lowest BCUT2D eigenvalue weighted by Crippen LogP contribution is -2.32. The molecule has 0 radical (unpaired) electrons. The lowest BCUT2D eigenvalue weighted by atomic mass is 10.1. The molecule has 26 heavy (non-hydrogen) atoms. The highest BCUT2D eigenvalue weighted by Crippen LogP contribution is 2.16. The van der Waals surface area contributed by atoms with E-state index >= 15 is 0 Å². The fraction of sp³-hybridized carbons (Fsp3) is 0.111. The van der Waals surface area contributed by atoms with Crippen molar-refractivity contribution < 1.29 is 4.79 Å². The Morgan fingerprint density at radius 3 is 2.96 bits per heavy atom. The number of nitrogens with one attached hydrogen (secondary N) is 2. The van der Waals surface area contributed by atoms with E-state index < -0.39 is 11.9 Å². The van der Waals surface area contributed by atoms with Crippen LogP contribution in [-0.2, 0) is 0 Å². The summed E-state index contributed by atoms with van der Waals surface area (Å²) >= 11 is 5.93. The van der Waals surface area contributed by atoms with Gasteiger partial charge in [0.1, 0.15) is 5.56 Å². The number of carbonyl (C=O) groups excluding carboxylic acids is 1. The lowest BCUT2D eigenvalue weighted by molar-refractivity contribution is 0.0937. The van der Waals surface area contributed by atoms with E-state index in [-0.39, 0.29) is 11.0 Å². The zero-order chi connectivity index (χ0) is 18.3. The molecule has 3 heterocycles. The number of halogens is 1. The number of hydrogen-bond acceptors (Lipinski definition) is 4. The Morgan fingerprint density at radius 2 is 2.12 bits per heavy atom. The number of nitrogens with zero attached hydrogens (tertiary/aromatic N) is 3. The van der Waals surface area contributed by atoms with Crippen molar-refractivity contribution in [2.75, 3.05) is 0 Å². The van der Waals surface area contributed by atoms with Crippen LogP contribution in [0.4, 0.5) is 0 Å². The van der Waals surface area contributed by atoms with Crippen LogP contribution in [-0.4, -0.2) is 25.5 Å². The van der Waals surface area contributed by atoms with Gasteiger partial charge in [0.05, 0.1) is 11.6 Å². The van der Waals surface area contributed by atoms with Crippen molar-refractivity contribution in [3.63, 3.8) is 0 Å². The minimum Gasteiger partial charge on any atom is -0.360 e. The molecule has 8 heteroatoms. The molecule has 0 aliphatic rings. The molecule has 4 rings (SSSR count). The summed E-state index contributed by atoms with van der Waals surface area (Å²) < 4.78 is 1.79. The summed E-state index contributed by atoms with van der Waals surface area (Å²) in [6, 6.07) is 9.97. The van der Waals surface area contributed by atoms with Crippen LogP contribution in [0.2, 0.25) is 5.02 Å². The maximum atomic E-state index is 12.6.